The number of hydrogen-bond acceptors (Lipinski definition) is 6. The maximum Gasteiger partial charge on any atom is 0.261 e. The Kier molecular flexibility index (Phi) is 3.55. The number of furan rings is 1. The number of hydrogen-bond donors (Lipinski definition) is 1. The predicted octanol–water partition coefficient (Wildman–Crippen LogP) is 1.75. The van der Waals surface area contributed by atoms with Crippen molar-refractivity contribution in [1.82, 2.24) is 10.1 Å². The van der Waals surface area contributed by atoms with Crippen molar-refractivity contribution in [2.75, 3.05) is 6.61 Å². The maximum absolute atomic E-state index is 5.88. The van der Waals surface area contributed by atoms with Crippen LogP contribution in [-0.2, 0) is 4.74 Å². The lowest BCUT2D eigenvalue weighted by atomic mass is 10.3. The summed E-state index contributed by atoms with van der Waals surface area (Å²) in [7, 11) is 0. The fourth-order valence-corrected chi connectivity index (χ4v) is 1.26. The van der Waals surface area contributed by atoms with E-state index < -0.39 is 0 Å². The second-order valence-corrected chi connectivity index (χ2v) is 3.96. The van der Waals surface area contributed by atoms with Gasteiger partial charge in [0.2, 0.25) is 0 Å². The first-order valence-corrected chi connectivity index (χ1v) is 5.40. The van der Waals surface area contributed by atoms with E-state index in [4.69, 9.17) is 19.4 Å². The Bertz CT molecular complexity index is 450. The molecule has 2 aromatic heterocycles. The third-order valence-electron chi connectivity index (χ3n) is 2.15. The minimum absolute atomic E-state index is 0.126. The van der Waals surface area contributed by atoms with Crippen LogP contribution in [0.1, 0.15) is 25.7 Å². The quantitative estimate of drug-likeness (QED) is 0.852. The topological polar surface area (TPSA) is 87.3 Å². The molecule has 2 aromatic rings. The van der Waals surface area contributed by atoms with Crippen molar-refractivity contribution < 1.29 is 13.7 Å². The molecule has 0 saturated carbocycles. The van der Waals surface area contributed by atoms with Crippen LogP contribution < -0.4 is 5.73 Å². The van der Waals surface area contributed by atoms with Crippen LogP contribution in [0, 0.1) is 0 Å². The molecule has 0 aromatic carbocycles. The summed E-state index contributed by atoms with van der Waals surface area (Å²) in [6.45, 7) is 4.25. The molecule has 0 aliphatic rings. The van der Waals surface area contributed by atoms with Gasteiger partial charge in [-0.05, 0) is 19.9 Å². The number of nitrogens with two attached hydrogens (primary N) is 1. The fraction of sp³-hybridized carbons (Fsp3) is 0.455. The van der Waals surface area contributed by atoms with E-state index >= 15 is 0 Å². The Morgan fingerprint density at radius 1 is 1.47 bits per heavy atom. The predicted molar refractivity (Wildman–Crippen MR) is 60.0 cm³/mol. The second-order valence-electron chi connectivity index (χ2n) is 3.96. The molecule has 0 aliphatic heterocycles. The van der Waals surface area contributed by atoms with E-state index in [0.29, 0.717) is 18.3 Å². The zero-order valence-electron chi connectivity index (χ0n) is 9.79. The summed E-state index contributed by atoms with van der Waals surface area (Å²) in [6.07, 6.45) is 3.20. The largest absolute Gasteiger partial charge is 0.472 e. The number of aromatic nitrogens is 2. The van der Waals surface area contributed by atoms with Gasteiger partial charge in [0.25, 0.3) is 5.89 Å². The van der Waals surface area contributed by atoms with Crippen molar-refractivity contribution in [2.45, 2.75) is 26.0 Å². The van der Waals surface area contributed by atoms with E-state index in [1.165, 1.54) is 6.26 Å². The summed E-state index contributed by atoms with van der Waals surface area (Å²) in [6, 6.07) is 1.36. The van der Waals surface area contributed by atoms with Crippen LogP contribution in [0.25, 0.3) is 11.5 Å². The summed E-state index contributed by atoms with van der Waals surface area (Å²) in [5.41, 5.74) is 6.61. The van der Waals surface area contributed by atoms with Crippen LogP contribution in [0.4, 0.5) is 0 Å². The summed E-state index contributed by atoms with van der Waals surface area (Å²) in [4.78, 5) is 4.19. The molecule has 2 heterocycles. The Morgan fingerprint density at radius 3 is 2.94 bits per heavy atom. The molecule has 6 nitrogen and oxygen atoms in total. The molecule has 2 rings (SSSR count). The minimum atomic E-state index is -0.387. The van der Waals surface area contributed by atoms with Gasteiger partial charge in [0.15, 0.2) is 5.82 Å². The first-order valence-electron chi connectivity index (χ1n) is 5.40. The van der Waals surface area contributed by atoms with E-state index in [0.717, 1.165) is 5.56 Å². The molecule has 0 radical (unpaired) electrons. The zero-order valence-corrected chi connectivity index (χ0v) is 9.79. The summed E-state index contributed by atoms with van der Waals surface area (Å²) >= 11 is 0. The van der Waals surface area contributed by atoms with Gasteiger partial charge < -0.3 is 19.4 Å². The number of ether oxygens (including phenoxy) is 1. The normalized spacial score (nSPS) is 13.2. The average Bonchev–Trinajstić information content (AvgIpc) is 2.94. The molecule has 2 N–H and O–H groups in total. The molecule has 17 heavy (non-hydrogen) atoms. The molecule has 0 fully saturated rings. The molecule has 0 saturated heterocycles. The Hall–Kier alpha value is -1.66. The fourth-order valence-electron chi connectivity index (χ4n) is 1.26. The van der Waals surface area contributed by atoms with E-state index in [1.54, 1.807) is 12.3 Å². The monoisotopic (exact) mass is 237 g/mol. The Morgan fingerprint density at radius 2 is 2.29 bits per heavy atom. The Balaban J connectivity index is 2.03. The van der Waals surface area contributed by atoms with Gasteiger partial charge in [0, 0.05) is 0 Å². The number of nitrogens with zero attached hydrogens (tertiary/aromatic N) is 2. The van der Waals surface area contributed by atoms with Crippen LogP contribution in [0.3, 0.4) is 0 Å². The van der Waals surface area contributed by atoms with Gasteiger partial charge in [0.05, 0.1) is 30.6 Å². The van der Waals surface area contributed by atoms with Gasteiger partial charge in [-0.1, -0.05) is 5.16 Å². The van der Waals surface area contributed by atoms with Gasteiger partial charge in [0.1, 0.15) is 6.26 Å². The van der Waals surface area contributed by atoms with Crippen LogP contribution >= 0.6 is 0 Å². The summed E-state index contributed by atoms with van der Waals surface area (Å²) in [5.74, 6) is 0.829. The third kappa shape index (κ3) is 2.92. The molecule has 92 valence electrons. The van der Waals surface area contributed by atoms with E-state index in [-0.39, 0.29) is 12.1 Å². The Labute approximate surface area is 98.7 Å². The van der Waals surface area contributed by atoms with E-state index in [1.807, 2.05) is 13.8 Å². The third-order valence-corrected chi connectivity index (χ3v) is 2.15. The standard InChI is InChI=1S/C11H15N3O3/c1-7(2)16-6-9(12)10-13-11(17-14-10)8-3-4-15-5-8/h3-5,7,9H,6,12H2,1-2H3. The van der Waals surface area contributed by atoms with Gasteiger partial charge in [-0.25, -0.2) is 0 Å². The van der Waals surface area contributed by atoms with Crippen LogP contribution in [0.2, 0.25) is 0 Å². The second kappa shape index (κ2) is 5.11. The summed E-state index contributed by atoms with van der Waals surface area (Å²) < 4.78 is 15.4. The van der Waals surface area contributed by atoms with Crippen LogP contribution in [0.5, 0.6) is 0 Å². The molecule has 1 atom stereocenters. The molecule has 0 spiro atoms. The van der Waals surface area contributed by atoms with Gasteiger partial charge >= 0.3 is 0 Å². The highest BCUT2D eigenvalue weighted by molar-refractivity contribution is 5.49. The molecular formula is C11H15N3O3. The lowest BCUT2D eigenvalue weighted by Crippen LogP contribution is -2.20. The molecule has 0 bridgehead atoms. The average molecular weight is 237 g/mol. The van der Waals surface area contributed by atoms with Crippen molar-refractivity contribution in [3.05, 3.63) is 24.4 Å². The van der Waals surface area contributed by atoms with Crippen molar-refractivity contribution in [3.8, 4) is 11.5 Å². The van der Waals surface area contributed by atoms with Crippen molar-refractivity contribution in [3.63, 3.8) is 0 Å². The molecule has 6 heteroatoms. The molecule has 0 aliphatic carbocycles. The highest BCUT2D eigenvalue weighted by Gasteiger charge is 2.16. The van der Waals surface area contributed by atoms with E-state index in [9.17, 15) is 0 Å². The smallest absolute Gasteiger partial charge is 0.261 e. The van der Waals surface area contributed by atoms with E-state index in [2.05, 4.69) is 10.1 Å². The van der Waals surface area contributed by atoms with Crippen LogP contribution in [0.15, 0.2) is 27.5 Å². The molecule has 1 unspecified atom stereocenters. The van der Waals surface area contributed by atoms with Crippen molar-refractivity contribution >= 4 is 0 Å². The SMILES string of the molecule is CC(C)OCC(N)c1noc(-c2ccoc2)n1. The lowest BCUT2D eigenvalue weighted by molar-refractivity contribution is 0.0665. The molecule has 0 amide bonds. The zero-order chi connectivity index (χ0) is 12.3. The summed E-state index contributed by atoms with van der Waals surface area (Å²) in [5, 5.41) is 3.82. The highest BCUT2D eigenvalue weighted by Crippen LogP contribution is 2.19. The maximum atomic E-state index is 5.88. The first kappa shape index (κ1) is 11.8. The first-order chi connectivity index (χ1) is 8.16. The van der Waals surface area contributed by atoms with Gasteiger partial charge in [-0.15, -0.1) is 0 Å². The minimum Gasteiger partial charge on any atom is -0.472 e. The highest BCUT2D eigenvalue weighted by atomic mass is 16.5. The van der Waals surface area contributed by atoms with Crippen molar-refractivity contribution in [2.24, 2.45) is 5.73 Å². The molecular weight excluding hydrogens is 222 g/mol. The van der Waals surface area contributed by atoms with Crippen molar-refractivity contribution in [1.29, 1.82) is 0 Å². The van der Waals surface area contributed by atoms with Crippen LogP contribution in [-0.4, -0.2) is 22.9 Å². The lowest BCUT2D eigenvalue weighted by Gasteiger charge is -2.10. The number of rotatable bonds is 5. The van der Waals surface area contributed by atoms with Gasteiger partial charge in [-0.3, -0.25) is 0 Å². The van der Waals surface area contributed by atoms with Gasteiger partial charge in [-0.2, -0.15) is 4.98 Å².